The third-order valence-corrected chi connectivity index (χ3v) is 4.61. The first-order valence-electron chi connectivity index (χ1n) is 8.87. The van der Waals surface area contributed by atoms with E-state index in [2.05, 4.69) is 22.2 Å². The zero-order valence-electron chi connectivity index (χ0n) is 14.9. The Morgan fingerprint density at radius 3 is 2.84 bits per heavy atom. The van der Waals surface area contributed by atoms with Crippen LogP contribution in [0.3, 0.4) is 0 Å². The smallest absolute Gasteiger partial charge is 0.248 e. The van der Waals surface area contributed by atoms with E-state index in [4.69, 9.17) is 4.74 Å². The summed E-state index contributed by atoms with van der Waals surface area (Å²) in [6, 6.07) is 8.95. The first-order valence-corrected chi connectivity index (χ1v) is 8.87. The molecule has 134 valence electrons. The van der Waals surface area contributed by atoms with Crippen LogP contribution in [0.5, 0.6) is 5.75 Å². The number of amides is 1. The van der Waals surface area contributed by atoms with Crippen molar-refractivity contribution in [3.63, 3.8) is 0 Å². The van der Waals surface area contributed by atoms with Gasteiger partial charge < -0.3 is 10.1 Å². The predicted molar refractivity (Wildman–Crippen MR) is 97.7 cm³/mol. The van der Waals surface area contributed by atoms with Crippen LogP contribution in [0.2, 0.25) is 0 Å². The lowest BCUT2D eigenvalue weighted by Crippen LogP contribution is -2.26. The molecule has 6 heteroatoms. The molecule has 2 heterocycles. The molecule has 0 radical (unpaired) electrons. The zero-order chi connectivity index (χ0) is 17.6. The van der Waals surface area contributed by atoms with Gasteiger partial charge in [-0.2, -0.15) is 5.10 Å². The van der Waals surface area contributed by atoms with Gasteiger partial charge in [0.05, 0.1) is 0 Å². The Morgan fingerprint density at radius 1 is 1.40 bits per heavy atom. The first kappa shape index (κ1) is 17.5. The summed E-state index contributed by atoms with van der Waals surface area (Å²) in [5, 5.41) is 7.00. The summed E-state index contributed by atoms with van der Waals surface area (Å²) in [7, 11) is 0. The largest absolute Gasteiger partial charge is 0.492 e. The highest BCUT2D eigenvalue weighted by atomic mass is 16.5. The predicted octanol–water partition coefficient (Wildman–Crippen LogP) is 2.80. The Labute approximate surface area is 148 Å². The van der Waals surface area contributed by atoms with Crippen molar-refractivity contribution in [3.8, 4) is 5.75 Å². The maximum atomic E-state index is 12.2. The molecule has 2 atom stereocenters. The van der Waals surface area contributed by atoms with E-state index in [0.717, 1.165) is 23.9 Å². The maximum Gasteiger partial charge on any atom is 0.248 e. The summed E-state index contributed by atoms with van der Waals surface area (Å²) in [4.78, 5) is 14.7. The van der Waals surface area contributed by atoms with Crippen molar-refractivity contribution in [2.45, 2.75) is 26.3 Å². The average molecular weight is 342 g/mol. The maximum absolute atomic E-state index is 12.2. The average Bonchev–Trinajstić information content (AvgIpc) is 3.27. The number of carbonyl (C=O) groups excluding carboxylic acids is 1. The minimum absolute atomic E-state index is 0.0967. The molecule has 1 aromatic heterocycles. The van der Waals surface area contributed by atoms with Gasteiger partial charge in [-0.15, -0.1) is 0 Å². The van der Waals surface area contributed by atoms with Gasteiger partial charge in [0.2, 0.25) is 5.91 Å². The number of nitrogens with zero attached hydrogens (tertiary/aromatic N) is 3. The summed E-state index contributed by atoms with van der Waals surface area (Å²) in [6.07, 6.45) is 4.73. The molecule has 1 N–H and O–H groups in total. The fourth-order valence-electron chi connectivity index (χ4n) is 3.03. The van der Waals surface area contributed by atoms with Crippen LogP contribution in [-0.4, -0.2) is 46.8 Å². The van der Waals surface area contributed by atoms with E-state index in [1.165, 1.54) is 19.5 Å². The first-order chi connectivity index (χ1) is 12.1. The third kappa shape index (κ3) is 4.82. The number of ether oxygens (including phenoxy) is 1. The SMILES string of the molecule is C[C@@H]1CCN(CCOc2ccc(NC(=O)[C@@H](C)n3cccn3)cc2)C1. The zero-order valence-corrected chi connectivity index (χ0v) is 14.9. The number of benzene rings is 1. The molecule has 1 saturated heterocycles. The van der Waals surface area contributed by atoms with E-state index in [9.17, 15) is 4.79 Å². The lowest BCUT2D eigenvalue weighted by molar-refractivity contribution is -0.119. The summed E-state index contributed by atoms with van der Waals surface area (Å²) in [5.41, 5.74) is 0.754. The van der Waals surface area contributed by atoms with Crippen LogP contribution in [-0.2, 0) is 4.79 Å². The van der Waals surface area contributed by atoms with Crippen molar-refractivity contribution in [3.05, 3.63) is 42.7 Å². The molecule has 2 aromatic rings. The van der Waals surface area contributed by atoms with Crippen molar-refractivity contribution in [1.82, 2.24) is 14.7 Å². The van der Waals surface area contributed by atoms with Gasteiger partial charge in [-0.25, -0.2) is 0 Å². The van der Waals surface area contributed by atoms with Crippen molar-refractivity contribution in [2.24, 2.45) is 5.92 Å². The molecule has 0 saturated carbocycles. The molecule has 0 unspecified atom stereocenters. The van der Waals surface area contributed by atoms with Crippen LogP contribution in [0.1, 0.15) is 26.3 Å². The van der Waals surface area contributed by atoms with E-state index in [-0.39, 0.29) is 11.9 Å². The van der Waals surface area contributed by atoms with Gasteiger partial charge in [-0.05, 0) is 56.1 Å². The molecule has 1 amide bonds. The lowest BCUT2D eigenvalue weighted by atomic mass is 10.2. The van der Waals surface area contributed by atoms with Crippen molar-refractivity contribution in [1.29, 1.82) is 0 Å². The Bertz CT molecular complexity index is 669. The number of hydrogen-bond acceptors (Lipinski definition) is 4. The van der Waals surface area contributed by atoms with E-state index in [1.807, 2.05) is 31.2 Å². The van der Waals surface area contributed by atoms with Crippen LogP contribution < -0.4 is 10.1 Å². The summed E-state index contributed by atoms with van der Waals surface area (Å²) in [5.74, 6) is 1.53. The Morgan fingerprint density at radius 2 is 2.20 bits per heavy atom. The van der Waals surface area contributed by atoms with E-state index < -0.39 is 0 Å². The normalized spacial score (nSPS) is 18.9. The highest BCUT2D eigenvalue weighted by Crippen LogP contribution is 2.18. The van der Waals surface area contributed by atoms with Gasteiger partial charge in [0, 0.05) is 31.2 Å². The molecule has 0 spiro atoms. The van der Waals surface area contributed by atoms with Crippen LogP contribution in [0.15, 0.2) is 42.7 Å². The summed E-state index contributed by atoms with van der Waals surface area (Å²) >= 11 is 0. The second-order valence-corrected chi connectivity index (χ2v) is 6.72. The van der Waals surface area contributed by atoms with Gasteiger partial charge in [0.1, 0.15) is 18.4 Å². The molecule has 0 bridgehead atoms. The number of likely N-dealkylation sites (tertiary alicyclic amines) is 1. The van der Waals surface area contributed by atoms with Gasteiger partial charge in [-0.3, -0.25) is 14.4 Å². The molecule has 1 aliphatic heterocycles. The Hall–Kier alpha value is -2.34. The molecule has 3 rings (SSSR count). The highest BCUT2D eigenvalue weighted by molar-refractivity contribution is 5.93. The van der Waals surface area contributed by atoms with Crippen LogP contribution in [0, 0.1) is 5.92 Å². The molecule has 0 aliphatic carbocycles. The number of carbonyl (C=O) groups is 1. The number of aromatic nitrogens is 2. The molecular weight excluding hydrogens is 316 g/mol. The molecule has 25 heavy (non-hydrogen) atoms. The lowest BCUT2D eigenvalue weighted by Gasteiger charge is -2.16. The Kier molecular flexibility index (Phi) is 5.71. The topological polar surface area (TPSA) is 59.4 Å². The van der Waals surface area contributed by atoms with Crippen LogP contribution in [0.4, 0.5) is 5.69 Å². The highest BCUT2D eigenvalue weighted by Gasteiger charge is 2.18. The fourth-order valence-corrected chi connectivity index (χ4v) is 3.03. The molecule has 6 nitrogen and oxygen atoms in total. The third-order valence-electron chi connectivity index (χ3n) is 4.61. The minimum Gasteiger partial charge on any atom is -0.492 e. The molecule has 1 aliphatic rings. The van der Waals surface area contributed by atoms with Gasteiger partial charge in [0.15, 0.2) is 0 Å². The van der Waals surface area contributed by atoms with Crippen LogP contribution in [0.25, 0.3) is 0 Å². The molecule has 1 aromatic carbocycles. The number of anilines is 1. The second kappa shape index (κ2) is 8.16. The van der Waals surface area contributed by atoms with Gasteiger partial charge >= 0.3 is 0 Å². The number of rotatable bonds is 7. The second-order valence-electron chi connectivity index (χ2n) is 6.72. The van der Waals surface area contributed by atoms with Crippen molar-refractivity contribution in [2.75, 3.05) is 31.6 Å². The van der Waals surface area contributed by atoms with E-state index in [0.29, 0.717) is 6.61 Å². The van der Waals surface area contributed by atoms with Crippen LogP contribution >= 0.6 is 0 Å². The summed E-state index contributed by atoms with van der Waals surface area (Å²) in [6.45, 7) is 8.10. The standard InChI is InChI=1S/C19H26N4O2/c1-15-8-11-22(14-15)12-13-25-18-6-4-17(5-7-18)21-19(24)16(2)23-10-3-9-20-23/h3-7,9-10,15-16H,8,11-14H2,1-2H3,(H,21,24)/t15-,16-/m1/s1. The number of hydrogen-bond donors (Lipinski definition) is 1. The Balaban J connectivity index is 1.44. The minimum atomic E-state index is -0.353. The molecule has 1 fully saturated rings. The molecular formula is C19H26N4O2. The summed E-state index contributed by atoms with van der Waals surface area (Å²) < 4.78 is 7.43. The number of nitrogens with one attached hydrogen (secondary N) is 1. The quantitative estimate of drug-likeness (QED) is 0.840. The monoisotopic (exact) mass is 342 g/mol. The fraction of sp³-hybridized carbons (Fsp3) is 0.474. The van der Waals surface area contributed by atoms with Gasteiger partial charge in [0.25, 0.3) is 0 Å². The van der Waals surface area contributed by atoms with E-state index in [1.54, 1.807) is 23.1 Å². The van der Waals surface area contributed by atoms with Gasteiger partial charge in [-0.1, -0.05) is 6.92 Å². The van der Waals surface area contributed by atoms with E-state index >= 15 is 0 Å². The van der Waals surface area contributed by atoms with Crippen molar-refractivity contribution >= 4 is 11.6 Å². The van der Waals surface area contributed by atoms with Crippen molar-refractivity contribution < 1.29 is 9.53 Å².